The molecule has 1 aliphatic heterocycles. The first kappa shape index (κ1) is 13.0. The van der Waals surface area contributed by atoms with E-state index < -0.39 is 10.0 Å². The first-order valence-electron chi connectivity index (χ1n) is 5.76. The lowest BCUT2D eigenvalue weighted by Crippen LogP contribution is -2.30. The van der Waals surface area contributed by atoms with E-state index in [0.29, 0.717) is 16.7 Å². The highest BCUT2D eigenvalue weighted by atomic mass is 32.2. The predicted molar refractivity (Wildman–Crippen MR) is 70.0 cm³/mol. The average Bonchev–Trinajstić information content (AvgIpc) is 2.85. The van der Waals surface area contributed by atoms with Crippen molar-refractivity contribution in [1.29, 1.82) is 0 Å². The number of aryl methyl sites for hydroxylation is 2. The topological polar surface area (TPSA) is 58.2 Å². The molecule has 1 unspecified atom stereocenters. The highest BCUT2D eigenvalue weighted by Gasteiger charge is 2.22. The molecule has 4 nitrogen and oxygen atoms in total. The van der Waals surface area contributed by atoms with Gasteiger partial charge in [0.2, 0.25) is 10.0 Å². The molecule has 0 aromatic carbocycles. The van der Waals surface area contributed by atoms with Crippen LogP contribution in [-0.4, -0.2) is 28.1 Å². The Kier molecular flexibility index (Phi) is 3.87. The summed E-state index contributed by atoms with van der Waals surface area (Å²) in [6.07, 6.45) is 1.05. The van der Waals surface area contributed by atoms with Gasteiger partial charge >= 0.3 is 0 Å². The molecular formula is C11H18N2O2S2. The van der Waals surface area contributed by atoms with E-state index in [1.165, 1.54) is 11.3 Å². The minimum atomic E-state index is -3.32. The second kappa shape index (κ2) is 5.06. The van der Waals surface area contributed by atoms with Gasteiger partial charge in [-0.15, -0.1) is 11.3 Å². The molecule has 2 rings (SSSR count). The van der Waals surface area contributed by atoms with Crippen LogP contribution in [0.2, 0.25) is 0 Å². The van der Waals surface area contributed by atoms with Crippen molar-refractivity contribution in [2.75, 3.05) is 19.6 Å². The van der Waals surface area contributed by atoms with Gasteiger partial charge in [0.25, 0.3) is 0 Å². The van der Waals surface area contributed by atoms with E-state index >= 15 is 0 Å². The Morgan fingerprint density at radius 2 is 2.29 bits per heavy atom. The SMILES string of the molecule is Cc1cc(C)c(S(=O)(=O)NCC2CCNC2)s1. The van der Waals surface area contributed by atoms with Gasteiger partial charge in [-0.2, -0.15) is 0 Å². The summed E-state index contributed by atoms with van der Waals surface area (Å²) in [5, 5.41) is 3.23. The van der Waals surface area contributed by atoms with E-state index in [1.807, 2.05) is 19.9 Å². The van der Waals surface area contributed by atoms with Gasteiger partial charge in [0, 0.05) is 11.4 Å². The molecule has 2 N–H and O–H groups in total. The highest BCUT2D eigenvalue weighted by molar-refractivity contribution is 7.91. The van der Waals surface area contributed by atoms with Gasteiger partial charge in [0.1, 0.15) is 4.21 Å². The fourth-order valence-electron chi connectivity index (χ4n) is 2.07. The molecular weight excluding hydrogens is 256 g/mol. The standard InChI is InChI=1S/C11H18N2O2S2/c1-8-5-9(2)16-11(8)17(14,15)13-7-10-3-4-12-6-10/h5,10,12-13H,3-4,6-7H2,1-2H3. The summed E-state index contributed by atoms with van der Waals surface area (Å²) in [4.78, 5) is 1.03. The number of rotatable bonds is 4. The lowest BCUT2D eigenvalue weighted by Gasteiger charge is -2.10. The molecule has 0 spiro atoms. The van der Waals surface area contributed by atoms with Gasteiger partial charge in [-0.05, 0) is 50.9 Å². The lowest BCUT2D eigenvalue weighted by molar-refractivity contribution is 0.539. The van der Waals surface area contributed by atoms with Gasteiger partial charge in [-0.1, -0.05) is 0 Å². The van der Waals surface area contributed by atoms with E-state index in [-0.39, 0.29) is 0 Å². The van der Waals surface area contributed by atoms with Crippen molar-refractivity contribution in [2.45, 2.75) is 24.5 Å². The van der Waals surface area contributed by atoms with Gasteiger partial charge in [0.05, 0.1) is 0 Å². The molecule has 2 heterocycles. The van der Waals surface area contributed by atoms with Crippen LogP contribution in [-0.2, 0) is 10.0 Å². The Balaban J connectivity index is 2.05. The molecule has 1 atom stereocenters. The largest absolute Gasteiger partial charge is 0.316 e. The molecule has 1 aromatic rings. The molecule has 6 heteroatoms. The van der Waals surface area contributed by atoms with Crippen LogP contribution in [0.15, 0.2) is 10.3 Å². The average molecular weight is 274 g/mol. The summed E-state index contributed by atoms with van der Waals surface area (Å²) >= 11 is 1.34. The Labute approximate surface area is 106 Å². The molecule has 0 amide bonds. The van der Waals surface area contributed by atoms with Crippen LogP contribution in [0.25, 0.3) is 0 Å². The van der Waals surface area contributed by atoms with Crippen LogP contribution in [0, 0.1) is 19.8 Å². The van der Waals surface area contributed by atoms with Crippen LogP contribution in [0.1, 0.15) is 16.9 Å². The zero-order valence-electron chi connectivity index (χ0n) is 10.1. The molecule has 1 aliphatic rings. The van der Waals surface area contributed by atoms with Crippen molar-refractivity contribution in [1.82, 2.24) is 10.0 Å². The molecule has 1 saturated heterocycles. The van der Waals surface area contributed by atoms with Crippen molar-refractivity contribution >= 4 is 21.4 Å². The predicted octanol–water partition coefficient (Wildman–Crippen LogP) is 1.25. The Hall–Kier alpha value is -0.430. The molecule has 17 heavy (non-hydrogen) atoms. The number of sulfonamides is 1. The summed E-state index contributed by atoms with van der Waals surface area (Å²) in [7, 11) is -3.32. The van der Waals surface area contributed by atoms with E-state index in [9.17, 15) is 8.42 Å². The fourth-order valence-corrected chi connectivity index (χ4v) is 4.90. The molecule has 1 fully saturated rings. The minimum absolute atomic E-state index is 0.422. The third-order valence-electron chi connectivity index (χ3n) is 2.96. The maximum absolute atomic E-state index is 12.1. The van der Waals surface area contributed by atoms with Crippen molar-refractivity contribution in [3.8, 4) is 0 Å². The zero-order valence-corrected chi connectivity index (χ0v) is 11.7. The van der Waals surface area contributed by atoms with Gasteiger partial charge in [-0.3, -0.25) is 0 Å². The van der Waals surface area contributed by atoms with Crippen LogP contribution >= 0.6 is 11.3 Å². The summed E-state index contributed by atoms with van der Waals surface area (Å²) in [5.74, 6) is 0.422. The maximum atomic E-state index is 12.1. The molecule has 0 bridgehead atoms. The summed E-state index contributed by atoms with van der Waals surface area (Å²) in [5.41, 5.74) is 0.838. The van der Waals surface area contributed by atoms with Crippen molar-refractivity contribution in [3.63, 3.8) is 0 Å². The van der Waals surface area contributed by atoms with Crippen molar-refractivity contribution < 1.29 is 8.42 Å². The van der Waals surface area contributed by atoms with Crippen molar-refractivity contribution in [2.24, 2.45) is 5.92 Å². The number of hydrogen-bond acceptors (Lipinski definition) is 4. The first-order valence-corrected chi connectivity index (χ1v) is 8.06. The quantitative estimate of drug-likeness (QED) is 0.869. The Morgan fingerprint density at radius 3 is 2.82 bits per heavy atom. The van der Waals surface area contributed by atoms with Gasteiger partial charge in [-0.25, -0.2) is 13.1 Å². The first-order chi connectivity index (χ1) is 7.99. The van der Waals surface area contributed by atoms with Crippen molar-refractivity contribution in [3.05, 3.63) is 16.5 Å². The van der Waals surface area contributed by atoms with Crippen LogP contribution in [0.5, 0.6) is 0 Å². The molecule has 0 saturated carbocycles. The smallest absolute Gasteiger partial charge is 0.250 e. The highest BCUT2D eigenvalue weighted by Crippen LogP contribution is 2.25. The second-order valence-corrected chi connectivity index (χ2v) is 7.76. The van der Waals surface area contributed by atoms with Crippen LogP contribution < -0.4 is 10.0 Å². The maximum Gasteiger partial charge on any atom is 0.250 e. The van der Waals surface area contributed by atoms with E-state index in [1.54, 1.807) is 0 Å². The normalized spacial score (nSPS) is 20.9. The molecule has 0 aliphatic carbocycles. The second-order valence-electron chi connectivity index (χ2n) is 4.54. The summed E-state index contributed by atoms with van der Waals surface area (Å²) in [6, 6.07) is 1.91. The van der Waals surface area contributed by atoms with Crippen LogP contribution in [0.4, 0.5) is 0 Å². The van der Waals surface area contributed by atoms with E-state index in [2.05, 4.69) is 10.0 Å². The van der Waals surface area contributed by atoms with Gasteiger partial charge < -0.3 is 5.32 Å². The minimum Gasteiger partial charge on any atom is -0.316 e. The molecule has 0 radical (unpaired) electrons. The number of nitrogens with one attached hydrogen (secondary N) is 2. The van der Waals surface area contributed by atoms with E-state index in [0.717, 1.165) is 30.0 Å². The van der Waals surface area contributed by atoms with Gasteiger partial charge in [0.15, 0.2) is 0 Å². The zero-order chi connectivity index (χ0) is 12.5. The third kappa shape index (κ3) is 3.07. The summed E-state index contributed by atoms with van der Waals surface area (Å²) in [6.45, 7) is 6.20. The Morgan fingerprint density at radius 1 is 1.53 bits per heavy atom. The number of hydrogen-bond donors (Lipinski definition) is 2. The Bertz CT molecular complexity index is 488. The van der Waals surface area contributed by atoms with E-state index in [4.69, 9.17) is 0 Å². The number of thiophene rings is 1. The molecule has 96 valence electrons. The lowest BCUT2D eigenvalue weighted by atomic mass is 10.1. The summed E-state index contributed by atoms with van der Waals surface area (Å²) < 4.78 is 27.4. The molecule has 1 aromatic heterocycles. The fraction of sp³-hybridized carbons (Fsp3) is 0.636. The third-order valence-corrected chi connectivity index (χ3v) is 6.18. The monoisotopic (exact) mass is 274 g/mol. The van der Waals surface area contributed by atoms with Crippen LogP contribution in [0.3, 0.4) is 0 Å².